The molecule has 1 atom stereocenters. The van der Waals surface area contributed by atoms with Gasteiger partial charge in [-0.05, 0) is 42.2 Å². The standard InChI is InChI=1S/C21H24Cl2N2O2/c1-4-19(21(27)24-3)25(13-16-8-6-5-7-14(16)2)20(26)11-15-9-10-17(22)12-18(15)23/h5-10,12,19H,4,11,13H2,1-3H3,(H,24,27)/t19-/m0/s1. The van der Waals surface area contributed by atoms with Crippen molar-refractivity contribution in [1.82, 2.24) is 10.2 Å². The van der Waals surface area contributed by atoms with Gasteiger partial charge in [0.2, 0.25) is 11.8 Å². The van der Waals surface area contributed by atoms with Crippen LogP contribution in [0.2, 0.25) is 10.0 Å². The van der Waals surface area contributed by atoms with Crippen LogP contribution in [0.25, 0.3) is 0 Å². The van der Waals surface area contributed by atoms with Gasteiger partial charge in [-0.25, -0.2) is 0 Å². The Balaban J connectivity index is 2.33. The first-order valence-corrected chi connectivity index (χ1v) is 9.62. The molecule has 1 N–H and O–H groups in total. The van der Waals surface area contributed by atoms with E-state index < -0.39 is 6.04 Å². The van der Waals surface area contributed by atoms with Crippen LogP contribution in [0.15, 0.2) is 42.5 Å². The van der Waals surface area contributed by atoms with Gasteiger partial charge in [0.1, 0.15) is 6.04 Å². The molecule has 0 aliphatic carbocycles. The molecular formula is C21H24Cl2N2O2. The molecule has 0 aliphatic heterocycles. The molecule has 0 aromatic heterocycles. The maximum Gasteiger partial charge on any atom is 0.242 e. The van der Waals surface area contributed by atoms with E-state index in [1.165, 1.54) is 0 Å². The summed E-state index contributed by atoms with van der Waals surface area (Å²) in [7, 11) is 1.58. The number of nitrogens with one attached hydrogen (secondary N) is 1. The lowest BCUT2D eigenvalue weighted by molar-refractivity contribution is -0.140. The van der Waals surface area contributed by atoms with E-state index in [4.69, 9.17) is 23.2 Å². The minimum atomic E-state index is -0.548. The largest absolute Gasteiger partial charge is 0.357 e. The summed E-state index contributed by atoms with van der Waals surface area (Å²) >= 11 is 12.2. The lowest BCUT2D eigenvalue weighted by atomic mass is 10.0. The van der Waals surface area contributed by atoms with Crippen molar-refractivity contribution < 1.29 is 9.59 Å². The van der Waals surface area contributed by atoms with Crippen LogP contribution in [0.4, 0.5) is 0 Å². The second-order valence-electron chi connectivity index (χ2n) is 6.40. The second kappa shape index (κ2) is 9.77. The third-order valence-electron chi connectivity index (χ3n) is 4.59. The smallest absolute Gasteiger partial charge is 0.242 e. The molecule has 6 heteroatoms. The minimum absolute atomic E-state index is 0.107. The fraction of sp³-hybridized carbons (Fsp3) is 0.333. The number of rotatable bonds is 7. The van der Waals surface area contributed by atoms with Crippen molar-refractivity contribution in [2.75, 3.05) is 7.05 Å². The number of aryl methyl sites for hydroxylation is 1. The van der Waals surface area contributed by atoms with Crippen molar-refractivity contribution in [2.24, 2.45) is 0 Å². The third kappa shape index (κ3) is 5.47. The number of carbonyl (C=O) groups excluding carboxylic acids is 2. The van der Waals surface area contributed by atoms with Crippen molar-refractivity contribution in [3.8, 4) is 0 Å². The first-order chi connectivity index (χ1) is 12.9. The summed E-state index contributed by atoms with van der Waals surface area (Å²) in [5, 5.41) is 3.62. The SMILES string of the molecule is CC[C@@H](C(=O)NC)N(Cc1ccccc1C)C(=O)Cc1ccc(Cl)cc1Cl. The van der Waals surface area contributed by atoms with E-state index >= 15 is 0 Å². The van der Waals surface area contributed by atoms with Gasteiger partial charge >= 0.3 is 0 Å². The van der Waals surface area contributed by atoms with Crippen LogP contribution in [-0.4, -0.2) is 29.8 Å². The number of hydrogen-bond acceptors (Lipinski definition) is 2. The van der Waals surface area contributed by atoms with E-state index in [1.807, 2.05) is 38.1 Å². The molecule has 144 valence electrons. The summed E-state index contributed by atoms with van der Waals surface area (Å²) in [4.78, 5) is 27.2. The van der Waals surface area contributed by atoms with E-state index in [-0.39, 0.29) is 18.2 Å². The quantitative estimate of drug-likeness (QED) is 0.740. The molecule has 0 spiro atoms. The summed E-state index contributed by atoms with van der Waals surface area (Å²) in [5.74, 6) is -0.334. The highest BCUT2D eigenvalue weighted by Crippen LogP contribution is 2.23. The van der Waals surface area contributed by atoms with Crippen LogP contribution < -0.4 is 5.32 Å². The number of amides is 2. The number of hydrogen-bond donors (Lipinski definition) is 1. The van der Waals surface area contributed by atoms with Crippen molar-refractivity contribution in [2.45, 2.75) is 39.3 Å². The average molecular weight is 407 g/mol. The van der Waals surface area contributed by atoms with E-state index in [9.17, 15) is 9.59 Å². The molecular weight excluding hydrogens is 383 g/mol. The Hall–Kier alpha value is -2.04. The molecule has 2 amide bonds. The maximum absolute atomic E-state index is 13.1. The zero-order valence-electron chi connectivity index (χ0n) is 15.8. The normalized spacial score (nSPS) is 11.7. The Bertz CT molecular complexity index is 824. The average Bonchev–Trinajstić information content (AvgIpc) is 2.65. The molecule has 27 heavy (non-hydrogen) atoms. The summed E-state index contributed by atoms with van der Waals surface area (Å²) in [5.41, 5.74) is 2.77. The van der Waals surface area contributed by atoms with Crippen LogP contribution in [0.3, 0.4) is 0 Å². The van der Waals surface area contributed by atoms with E-state index in [0.717, 1.165) is 11.1 Å². The van der Waals surface area contributed by atoms with Gasteiger partial charge in [-0.15, -0.1) is 0 Å². The summed E-state index contributed by atoms with van der Waals surface area (Å²) < 4.78 is 0. The van der Waals surface area contributed by atoms with Gasteiger partial charge in [-0.3, -0.25) is 9.59 Å². The highest BCUT2D eigenvalue weighted by atomic mass is 35.5. The van der Waals surface area contributed by atoms with Gasteiger partial charge in [0, 0.05) is 23.6 Å². The van der Waals surface area contributed by atoms with Crippen molar-refractivity contribution in [3.63, 3.8) is 0 Å². The Morgan fingerprint density at radius 1 is 1.11 bits per heavy atom. The fourth-order valence-corrected chi connectivity index (χ4v) is 3.46. The fourth-order valence-electron chi connectivity index (χ4n) is 2.99. The molecule has 0 fully saturated rings. The molecule has 0 saturated heterocycles. The molecule has 2 aromatic carbocycles. The highest BCUT2D eigenvalue weighted by molar-refractivity contribution is 6.35. The molecule has 0 radical (unpaired) electrons. The van der Waals surface area contributed by atoms with E-state index in [0.29, 0.717) is 28.6 Å². The lowest BCUT2D eigenvalue weighted by Crippen LogP contribution is -2.48. The Labute approximate surface area is 170 Å². The zero-order chi connectivity index (χ0) is 20.0. The molecule has 0 heterocycles. The Kier molecular flexibility index (Phi) is 7.69. The van der Waals surface area contributed by atoms with Crippen molar-refractivity contribution in [1.29, 1.82) is 0 Å². The molecule has 0 bridgehead atoms. The van der Waals surface area contributed by atoms with Crippen LogP contribution in [0, 0.1) is 6.92 Å². The number of halogens is 2. The van der Waals surface area contributed by atoms with E-state index in [1.54, 1.807) is 30.1 Å². The molecule has 0 unspecified atom stereocenters. The van der Waals surface area contributed by atoms with E-state index in [2.05, 4.69) is 5.32 Å². The lowest BCUT2D eigenvalue weighted by Gasteiger charge is -2.31. The molecule has 2 rings (SSSR count). The zero-order valence-corrected chi connectivity index (χ0v) is 17.3. The topological polar surface area (TPSA) is 49.4 Å². The maximum atomic E-state index is 13.1. The predicted molar refractivity (Wildman–Crippen MR) is 110 cm³/mol. The third-order valence-corrected chi connectivity index (χ3v) is 5.18. The van der Waals surface area contributed by atoms with Gasteiger partial charge in [0.15, 0.2) is 0 Å². The minimum Gasteiger partial charge on any atom is -0.357 e. The van der Waals surface area contributed by atoms with Crippen LogP contribution >= 0.6 is 23.2 Å². The van der Waals surface area contributed by atoms with Gasteiger partial charge in [0.05, 0.1) is 6.42 Å². The molecule has 2 aromatic rings. The summed E-state index contributed by atoms with van der Waals surface area (Å²) in [6, 6.07) is 12.4. The summed E-state index contributed by atoms with van der Waals surface area (Å²) in [6.45, 7) is 4.25. The number of benzene rings is 2. The monoisotopic (exact) mass is 406 g/mol. The molecule has 0 saturated carbocycles. The van der Waals surface area contributed by atoms with Crippen molar-refractivity contribution >= 4 is 35.0 Å². The first-order valence-electron chi connectivity index (χ1n) is 8.86. The number of carbonyl (C=O) groups is 2. The number of nitrogens with zero attached hydrogens (tertiary/aromatic N) is 1. The molecule has 0 aliphatic rings. The van der Waals surface area contributed by atoms with Crippen LogP contribution in [0.5, 0.6) is 0 Å². The summed E-state index contributed by atoms with van der Waals surface area (Å²) in [6.07, 6.45) is 0.626. The molecule has 4 nitrogen and oxygen atoms in total. The Morgan fingerprint density at radius 3 is 2.41 bits per heavy atom. The Morgan fingerprint density at radius 2 is 1.81 bits per heavy atom. The van der Waals surface area contributed by atoms with Gasteiger partial charge in [-0.1, -0.05) is 60.5 Å². The van der Waals surface area contributed by atoms with Crippen LogP contribution in [0.1, 0.15) is 30.0 Å². The van der Waals surface area contributed by atoms with Gasteiger partial charge in [0.25, 0.3) is 0 Å². The highest BCUT2D eigenvalue weighted by Gasteiger charge is 2.28. The van der Waals surface area contributed by atoms with Gasteiger partial charge < -0.3 is 10.2 Å². The van der Waals surface area contributed by atoms with Crippen LogP contribution in [-0.2, 0) is 22.6 Å². The van der Waals surface area contributed by atoms with Gasteiger partial charge in [-0.2, -0.15) is 0 Å². The number of likely N-dealkylation sites (N-methyl/N-ethyl adjacent to an activating group) is 1. The second-order valence-corrected chi connectivity index (χ2v) is 7.24. The first kappa shape index (κ1) is 21.3. The van der Waals surface area contributed by atoms with Crippen molar-refractivity contribution in [3.05, 3.63) is 69.2 Å². The predicted octanol–water partition coefficient (Wildman–Crippen LogP) is 4.40.